The zero-order valence-electron chi connectivity index (χ0n) is 12.3. The van der Waals surface area contributed by atoms with Crippen molar-refractivity contribution in [1.29, 1.82) is 0 Å². The largest absolute Gasteiger partial charge is 0.494 e. The van der Waals surface area contributed by atoms with Crippen molar-refractivity contribution >= 4 is 17.6 Å². The van der Waals surface area contributed by atoms with Crippen molar-refractivity contribution in [2.24, 2.45) is 11.8 Å². The number of nitrogens with one attached hydrogen (secondary N) is 1. The van der Waals surface area contributed by atoms with Crippen molar-refractivity contribution < 1.29 is 24.2 Å². The van der Waals surface area contributed by atoms with Crippen LogP contribution in [0.1, 0.15) is 19.8 Å². The van der Waals surface area contributed by atoms with Crippen molar-refractivity contribution in [2.45, 2.75) is 32.0 Å². The van der Waals surface area contributed by atoms with Crippen molar-refractivity contribution in [2.75, 3.05) is 11.9 Å². The zero-order chi connectivity index (χ0) is 15.7. The van der Waals surface area contributed by atoms with Crippen LogP contribution in [0.25, 0.3) is 0 Å². The molecule has 4 atom stereocenters. The number of rotatable bonds is 5. The van der Waals surface area contributed by atoms with Gasteiger partial charge in [-0.1, -0.05) is 0 Å². The second kappa shape index (κ2) is 5.96. The van der Waals surface area contributed by atoms with Gasteiger partial charge < -0.3 is 19.9 Å². The minimum atomic E-state index is -0.959. The average Bonchev–Trinajstić information content (AvgIpc) is 3.10. The molecule has 0 spiro atoms. The van der Waals surface area contributed by atoms with Crippen LogP contribution < -0.4 is 10.1 Å². The van der Waals surface area contributed by atoms with E-state index in [1.807, 2.05) is 6.92 Å². The Labute approximate surface area is 128 Å². The molecule has 118 valence electrons. The summed E-state index contributed by atoms with van der Waals surface area (Å²) in [5, 5.41) is 12.1. The predicted molar refractivity (Wildman–Crippen MR) is 78.8 cm³/mol. The second-order valence-electron chi connectivity index (χ2n) is 5.63. The molecule has 2 fully saturated rings. The molecule has 2 saturated heterocycles. The van der Waals surface area contributed by atoms with Crippen LogP contribution in [0, 0.1) is 11.8 Å². The molecule has 1 amide bonds. The summed E-state index contributed by atoms with van der Waals surface area (Å²) >= 11 is 0. The number of hydrogen-bond donors (Lipinski definition) is 2. The number of aliphatic carboxylic acids is 1. The first-order valence-electron chi connectivity index (χ1n) is 7.52. The molecule has 1 aromatic carbocycles. The minimum Gasteiger partial charge on any atom is -0.494 e. The van der Waals surface area contributed by atoms with Crippen molar-refractivity contribution in [3.63, 3.8) is 0 Å². The number of amides is 1. The standard InChI is InChI=1S/C16H19NO5/c1-2-21-10-5-3-9(4-6-10)17-15(18)13-11-7-8-12(22-11)14(13)16(19)20/h3-6,11-14H,2,7-8H2,1H3,(H,17,18)(H,19,20)/t11-,12+,13-,14-/m0/s1. The molecule has 0 radical (unpaired) electrons. The normalized spacial score (nSPS) is 29.3. The third-order valence-corrected chi connectivity index (χ3v) is 4.29. The van der Waals surface area contributed by atoms with Crippen LogP contribution >= 0.6 is 0 Å². The summed E-state index contributed by atoms with van der Waals surface area (Å²) in [7, 11) is 0. The molecular formula is C16H19NO5. The number of anilines is 1. The van der Waals surface area contributed by atoms with Crippen LogP contribution in [0.15, 0.2) is 24.3 Å². The molecule has 2 aliphatic heterocycles. The zero-order valence-corrected chi connectivity index (χ0v) is 12.3. The quantitative estimate of drug-likeness (QED) is 0.868. The Morgan fingerprint density at radius 3 is 2.45 bits per heavy atom. The Kier molecular flexibility index (Phi) is 4.02. The van der Waals surface area contributed by atoms with Crippen LogP contribution in [0.2, 0.25) is 0 Å². The van der Waals surface area contributed by atoms with Gasteiger partial charge in [0.1, 0.15) is 5.75 Å². The topological polar surface area (TPSA) is 84.9 Å². The van der Waals surface area contributed by atoms with Gasteiger partial charge in [0.2, 0.25) is 5.91 Å². The average molecular weight is 305 g/mol. The van der Waals surface area contributed by atoms with Crippen molar-refractivity contribution in [1.82, 2.24) is 0 Å². The molecule has 6 nitrogen and oxygen atoms in total. The summed E-state index contributed by atoms with van der Waals surface area (Å²) in [6.45, 7) is 2.48. The van der Waals surface area contributed by atoms with Crippen LogP contribution in [-0.4, -0.2) is 35.8 Å². The summed E-state index contributed by atoms with van der Waals surface area (Å²) in [5.74, 6) is -1.89. The van der Waals surface area contributed by atoms with Gasteiger partial charge in [-0.15, -0.1) is 0 Å². The Morgan fingerprint density at radius 1 is 1.23 bits per heavy atom. The van der Waals surface area contributed by atoms with E-state index in [1.54, 1.807) is 24.3 Å². The molecule has 0 aliphatic carbocycles. The van der Waals surface area contributed by atoms with Crippen molar-refractivity contribution in [3.8, 4) is 5.75 Å². The van der Waals surface area contributed by atoms with Crippen LogP contribution in [0.4, 0.5) is 5.69 Å². The van der Waals surface area contributed by atoms with Gasteiger partial charge in [0, 0.05) is 5.69 Å². The summed E-state index contributed by atoms with van der Waals surface area (Å²) in [4.78, 5) is 23.8. The molecular weight excluding hydrogens is 286 g/mol. The summed E-state index contributed by atoms with van der Waals surface area (Å²) in [6.07, 6.45) is 0.844. The van der Waals surface area contributed by atoms with Crippen LogP contribution in [0.5, 0.6) is 5.75 Å². The third-order valence-electron chi connectivity index (χ3n) is 4.29. The molecule has 2 aliphatic rings. The van der Waals surface area contributed by atoms with E-state index < -0.39 is 17.8 Å². The predicted octanol–water partition coefficient (Wildman–Crippen LogP) is 1.90. The summed E-state index contributed by atoms with van der Waals surface area (Å²) in [5.41, 5.74) is 0.625. The molecule has 0 aromatic heterocycles. The molecule has 2 bridgehead atoms. The Bertz CT molecular complexity index is 570. The molecule has 2 N–H and O–H groups in total. The van der Waals surface area contributed by atoms with Crippen LogP contribution in [0.3, 0.4) is 0 Å². The first kappa shape index (κ1) is 14.8. The molecule has 2 heterocycles. The molecule has 6 heteroatoms. The van der Waals surface area contributed by atoms with Gasteiger partial charge in [0.25, 0.3) is 0 Å². The second-order valence-corrected chi connectivity index (χ2v) is 5.63. The van der Waals surface area contributed by atoms with Gasteiger partial charge in [-0.05, 0) is 44.0 Å². The minimum absolute atomic E-state index is 0.284. The number of carboxylic acids is 1. The number of hydrogen-bond acceptors (Lipinski definition) is 4. The number of benzene rings is 1. The van der Waals surface area contributed by atoms with Gasteiger partial charge in [0.05, 0.1) is 30.7 Å². The number of ether oxygens (including phenoxy) is 2. The fourth-order valence-electron chi connectivity index (χ4n) is 3.35. The van der Waals surface area contributed by atoms with Gasteiger partial charge in [-0.25, -0.2) is 0 Å². The molecule has 1 aromatic rings. The molecule has 0 unspecified atom stereocenters. The first-order chi connectivity index (χ1) is 10.6. The van der Waals surface area contributed by atoms with E-state index in [2.05, 4.69) is 5.32 Å². The number of carboxylic acid groups (broad SMARTS) is 1. The van der Waals surface area contributed by atoms with E-state index in [0.717, 1.165) is 12.2 Å². The maximum Gasteiger partial charge on any atom is 0.310 e. The summed E-state index contributed by atoms with van der Waals surface area (Å²) in [6, 6.07) is 7.02. The fourth-order valence-corrected chi connectivity index (χ4v) is 3.35. The molecule has 0 saturated carbocycles. The van der Waals surface area contributed by atoms with Gasteiger partial charge in [-0.2, -0.15) is 0 Å². The van der Waals surface area contributed by atoms with E-state index in [4.69, 9.17) is 9.47 Å². The van der Waals surface area contributed by atoms with Gasteiger partial charge >= 0.3 is 5.97 Å². The van der Waals surface area contributed by atoms with E-state index in [1.165, 1.54) is 0 Å². The maximum absolute atomic E-state index is 12.4. The van der Waals surface area contributed by atoms with Crippen LogP contribution in [-0.2, 0) is 14.3 Å². The van der Waals surface area contributed by atoms with Gasteiger partial charge in [0.15, 0.2) is 0 Å². The molecule has 22 heavy (non-hydrogen) atoms. The fraction of sp³-hybridized carbons (Fsp3) is 0.500. The lowest BCUT2D eigenvalue weighted by molar-refractivity contribution is -0.147. The van der Waals surface area contributed by atoms with E-state index in [9.17, 15) is 14.7 Å². The SMILES string of the molecule is CCOc1ccc(NC(=O)[C@@H]2[C@@H](C(=O)O)[C@H]3CC[C@@H]2O3)cc1. The summed E-state index contributed by atoms with van der Waals surface area (Å²) < 4.78 is 11.0. The first-order valence-corrected chi connectivity index (χ1v) is 7.52. The Morgan fingerprint density at radius 2 is 1.86 bits per heavy atom. The monoisotopic (exact) mass is 305 g/mol. The van der Waals surface area contributed by atoms with Gasteiger partial charge in [-0.3, -0.25) is 9.59 Å². The lowest BCUT2D eigenvalue weighted by Crippen LogP contribution is -2.40. The maximum atomic E-state index is 12.4. The smallest absolute Gasteiger partial charge is 0.310 e. The number of fused-ring (bicyclic) bond motifs is 2. The van der Waals surface area contributed by atoms with E-state index >= 15 is 0 Å². The Balaban J connectivity index is 1.69. The highest BCUT2D eigenvalue weighted by Gasteiger charge is 2.55. The van der Waals surface area contributed by atoms with E-state index in [-0.39, 0.29) is 18.1 Å². The highest BCUT2D eigenvalue weighted by molar-refractivity contribution is 5.96. The number of carbonyl (C=O) groups is 2. The molecule has 3 rings (SSSR count). The Hall–Kier alpha value is -2.08. The lowest BCUT2D eigenvalue weighted by Gasteiger charge is -2.23. The third kappa shape index (κ3) is 2.66. The lowest BCUT2D eigenvalue weighted by atomic mass is 9.78. The highest BCUT2D eigenvalue weighted by Crippen LogP contribution is 2.44. The number of carbonyl (C=O) groups excluding carboxylic acids is 1. The highest BCUT2D eigenvalue weighted by atomic mass is 16.5. The van der Waals surface area contributed by atoms with Crippen molar-refractivity contribution in [3.05, 3.63) is 24.3 Å². The van der Waals surface area contributed by atoms with E-state index in [0.29, 0.717) is 18.7 Å².